The van der Waals surface area contributed by atoms with Gasteiger partial charge in [0.2, 0.25) is 11.8 Å². The molecule has 2 rings (SSSR count). The summed E-state index contributed by atoms with van der Waals surface area (Å²) in [6.07, 6.45) is 0. The van der Waals surface area contributed by atoms with Gasteiger partial charge in [-0.2, -0.15) is 0 Å². The van der Waals surface area contributed by atoms with Crippen molar-refractivity contribution in [2.24, 2.45) is 11.7 Å². The maximum Gasteiger partial charge on any atom is 0.240 e. The average molecular weight is 250 g/mol. The number of benzene rings is 1. The van der Waals surface area contributed by atoms with Crippen molar-refractivity contribution in [1.82, 2.24) is 0 Å². The lowest BCUT2D eigenvalue weighted by atomic mass is 9.69. The molecule has 0 fully saturated rings. The minimum atomic E-state index is -0.975. The molecule has 1 aromatic carbocycles. The zero-order valence-corrected chi connectivity index (χ0v) is 10.5. The third-order valence-corrected chi connectivity index (χ3v) is 3.60. The second kappa shape index (κ2) is 3.80. The Morgan fingerprint density at radius 2 is 2.06 bits per heavy atom. The molecule has 0 saturated carbocycles. The van der Waals surface area contributed by atoms with Gasteiger partial charge >= 0.3 is 0 Å². The van der Waals surface area contributed by atoms with Crippen LogP contribution in [0.3, 0.4) is 0 Å². The van der Waals surface area contributed by atoms with Gasteiger partial charge in [0, 0.05) is 18.2 Å². The van der Waals surface area contributed by atoms with E-state index >= 15 is 0 Å². The monoisotopic (exact) mass is 250 g/mol. The third kappa shape index (κ3) is 1.58. The van der Waals surface area contributed by atoms with Crippen LogP contribution in [-0.2, 0) is 15.0 Å². The summed E-state index contributed by atoms with van der Waals surface area (Å²) >= 11 is 0. The molecule has 0 spiro atoms. The van der Waals surface area contributed by atoms with E-state index in [-0.39, 0.29) is 5.91 Å². The largest absolute Gasteiger partial charge is 0.369 e. The van der Waals surface area contributed by atoms with Crippen LogP contribution in [-0.4, -0.2) is 18.9 Å². The summed E-state index contributed by atoms with van der Waals surface area (Å²) < 4.78 is 13.4. The van der Waals surface area contributed by atoms with Gasteiger partial charge in [0.15, 0.2) is 0 Å². The number of halogens is 1. The summed E-state index contributed by atoms with van der Waals surface area (Å²) in [4.78, 5) is 25.0. The second-order valence-electron chi connectivity index (χ2n) is 5.12. The molecule has 5 heteroatoms. The van der Waals surface area contributed by atoms with Crippen LogP contribution >= 0.6 is 0 Å². The summed E-state index contributed by atoms with van der Waals surface area (Å²) in [5.41, 5.74) is 5.73. The van der Waals surface area contributed by atoms with Gasteiger partial charge in [0.25, 0.3) is 0 Å². The van der Waals surface area contributed by atoms with Crippen molar-refractivity contribution >= 4 is 17.5 Å². The van der Waals surface area contributed by atoms with Crippen LogP contribution in [0.2, 0.25) is 0 Å². The van der Waals surface area contributed by atoms with Crippen LogP contribution in [0.5, 0.6) is 0 Å². The Labute approximate surface area is 105 Å². The number of rotatable bonds is 1. The Balaban J connectivity index is 2.70. The van der Waals surface area contributed by atoms with E-state index in [4.69, 9.17) is 5.73 Å². The van der Waals surface area contributed by atoms with Crippen molar-refractivity contribution < 1.29 is 14.0 Å². The van der Waals surface area contributed by atoms with Crippen LogP contribution in [0.25, 0.3) is 0 Å². The first-order chi connectivity index (χ1) is 8.26. The zero-order chi connectivity index (χ0) is 13.7. The van der Waals surface area contributed by atoms with E-state index in [2.05, 4.69) is 0 Å². The predicted molar refractivity (Wildman–Crippen MR) is 65.5 cm³/mol. The first-order valence-electron chi connectivity index (χ1n) is 5.63. The highest BCUT2D eigenvalue weighted by molar-refractivity contribution is 6.10. The smallest absolute Gasteiger partial charge is 0.240 e. The number of nitrogens with zero attached hydrogens (tertiary/aromatic N) is 1. The molecule has 1 heterocycles. The Hall–Kier alpha value is -1.91. The SMILES string of the molecule is CN1C(=O)C(C(N)=O)C(C)(C)c2cc(F)ccc21. The van der Waals surface area contributed by atoms with E-state index in [1.807, 2.05) is 0 Å². The highest BCUT2D eigenvalue weighted by Gasteiger charge is 2.47. The first-order valence-corrected chi connectivity index (χ1v) is 5.63. The normalized spacial score (nSPS) is 21.7. The van der Waals surface area contributed by atoms with E-state index in [1.54, 1.807) is 27.0 Å². The van der Waals surface area contributed by atoms with Crippen LogP contribution < -0.4 is 10.6 Å². The van der Waals surface area contributed by atoms with E-state index in [1.165, 1.54) is 17.0 Å². The van der Waals surface area contributed by atoms with Gasteiger partial charge in [0.1, 0.15) is 11.7 Å². The minimum absolute atomic E-state index is 0.355. The molecule has 1 unspecified atom stereocenters. The Morgan fingerprint density at radius 1 is 1.44 bits per heavy atom. The van der Waals surface area contributed by atoms with Crippen molar-refractivity contribution in [2.75, 3.05) is 11.9 Å². The summed E-state index contributed by atoms with van der Waals surface area (Å²) in [6.45, 7) is 3.46. The Bertz CT molecular complexity index is 540. The fourth-order valence-electron chi connectivity index (χ4n) is 2.57. The molecule has 0 aromatic heterocycles. The minimum Gasteiger partial charge on any atom is -0.369 e. The number of fused-ring (bicyclic) bond motifs is 1. The van der Waals surface area contributed by atoms with Gasteiger partial charge in [-0.1, -0.05) is 13.8 Å². The quantitative estimate of drug-likeness (QED) is 0.761. The van der Waals surface area contributed by atoms with Crippen LogP contribution in [0, 0.1) is 11.7 Å². The molecular weight excluding hydrogens is 235 g/mol. The number of amides is 2. The number of nitrogens with two attached hydrogens (primary N) is 1. The lowest BCUT2D eigenvalue weighted by Crippen LogP contribution is -2.53. The fraction of sp³-hybridized carbons (Fsp3) is 0.385. The Morgan fingerprint density at radius 3 is 2.61 bits per heavy atom. The summed E-state index contributed by atoms with van der Waals surface area (Å²) in [6, 6.07) is 4.19. The maximum atomic E-state index is 13.4. The first kappa shape index (κ1) is 12.5. The second-order valence-corrected chi connectivity index (χ2v) is 5.12. The highest BCUT2D eigenvalue weighted by Crippen LogP contribution is 2.43. The van der Waals surface area contributed by atoms with Crippen LogP contribution in [0.4, 0.5) is 10.1 Å². The summed E-state index contributed by atoms with van der Waals surface area (Å²) in [7, 11) is 1.56. The lowest BCUT2D eigenvalue weighted by Gasteiger charge is -2.41. The molecule has 1 aliphatic heterocycles. The van der Waals surface area contributed by atoms with Crippen molar-refractivity contribution in [2.45, 2.75) is 19.3 Å². The maximum absolute atomic E-state index is 13.4. The summed E-state index contributed by atoms with van der Waals surface area (Å²) in [5.74, 6) is -2.41. The number of hydrogen-bond acceptors (Lipinski definition) is 2. The molecule has 2 N–H and O–H groups in total. The molecular formula is C13H15FN2O2. The van der Waals surface area contributed by atoms with Crippen molar-refractivity contribution in [3.05, 3.63) is 29.6 Å². The molecule has 4 nitrogen and oxygen atoms in total. The van der Waals surface area contributed by atoms with Crippen LogP contribution in [0.1, 0.15) is 19.4 Å². The van der Waals surface area contributed by atoms with Crippen molar-refractivity contribution in [3.8, 4) is 0 Å². The van der Waals surface area contributed by atoms with E-state index < -0.39 is 23.1 Å². The van der Waals surface area contributed by atoms with Gasteiger partial charge in [-0.15, -0.1) is 0 Å². The van der Waals surface area contributed by atoms with Gasteiger partial charge in [-0.25, -0.2) is 4.39 Å². The number of carbonyl (C=O) groups is 2. The molecule has 18 heavy (non-hydrogen) atoms. The molecule has 1 aliphatic rings. The molecule has 1 aromatic rings. The Kier molecular flexibility index (Phi) is 2.65. The fourth-order valence-corrected chi connectivity index (χ4v) is 2.57. The highest BCUT2D eigenvalue weighted by atomic mass is 19.1. The van der Waals surface area contributed by atoms with E-state index in [9.17, 15) is 14.0 Å². The van der Waals surface area contributed by atoms with Crippen molar-refractivity contribution in [3.63, 3.8) is 0 Å². The number of primary amides is 1. The topological polar surface area (TPSA) is 63.4 Å². The van der Waals surface area contributed by atoms with Crippen molar-refractivity contribution in [1.29, 1.82) is 0 Å². The number of hydrogen-bond donors (Lipinski definition) is 1. The standard InChI is InChI=1S/C13H15FN2O2/c1-13(2)8-6-7(14)4-5-9(8)16(3)12(18)10(13)11(15)17/h4-6,10H,1-3H3,(H2,15,17). The molecule has 1 atom stereocenters. The molecule has 2 amide bonds. The average Bonchev–Trinajstić information content (AvgIpc) is 2.25. The number of carbonyl (C=O) groups excluding carboxylic acids is 2. The zero-order valence-electron chi connectivity index (χ0n) is 10.5. The van der Waals surface area contributed by atoms with Gasteiger partial charge < -0.3 is 10.6 Å². The lowest BCUT2D eigenvalue weighted by molar-refractivity contribution is -0.134. The van der Waals surface area contributed by atoms with Gasteiger partial charge in [0.05, 0.1) is 0 Å². The molecule has 0 saturated heterocycles. The van der Waals surface area contributed by atoms with Gasteiger partial charge in [-0.05, 0) is 23.8 Å². The third-order valence-electron chi connectivity index (χ3n) is 3.60. The van der Waals surface area contributed by atoms with Crippen LogP contribution in [0.15, 0.2) is 18.2 Å². The van der Waals surface area contributed by atoms with E-state index in [0.717, 1.165) is 0 Å². The van der Waals surface area contributed by atoms with E-state index in [0.29, 0.717) is 11.3 Å². The molecule has 0 radical (unpaired) electrons. The molecule has 96 valence electrons. The predicted octanol–water partition coefficient (Wildman–Crippen LogP) is 1.18. The number of anilines is 1. The summed E-state index contributed by atoms with van der Waals surface area (Å²) in [5, 5.41) is 0. The van der Waals surface area contributed by atoms with Gasteiger partial charge in [-0.3, -0.25) is 9.59 Å². The molecule has 0 bridgehead atoms. The molecule has 0 aliphatic carbocycles.